The number of anilines is 1. The van der Waals surface area contributed by atoms with Gasteiger partial charge in [0.05, 0.1) is 0 Å². The summed E-state index contributed by atoms with van der Waals surface area (Å²) in [6.45, 7) is 0. The summed E-state index contributed by atoms with van der Waals surface area (Å²) in [5, 5.41) is 1.74. The Morgan fingerprint density at radius 1 is 1.62 bits per heavy atom. The van der Waals surface area contributed by atoms with E-state index in [-0.39, 0.29) is 11.1 Å². The van der Waals surface area contributed by atoms with Crippen LogP contribution in [-0.4, -0.2) is 22.3 Å². The minimum absolute atomic E-state index is 0.0506. The molecule has 0 bridgehead atoms. The summed E-state index contributed by atoms with van der Waals surface area (Å²) in [6, 6.07) is 1.26. The zero-order chi connectivity index (χ0) is 9.84. The summed E-state index contributed by atoms with van der Waals surface area (Å²) in [5.41, 5.74) is 0. The van der Waals surface area contributed by atoms with Crippen molar-refractivity contribution < 1.29 is 13.6 Å². The highest BCUT2D eigenvalue weighted by molar-refractivity contribution is 6.28. The molecule has 0 saturated carbocycles. The van der Waals surface area contributed by atoms with E-state index in [9.17, 15) is 13.6 Å². The average molecular weight is 208 g/mol. The molecule has 7 heteroatoms. The molecule has 0 aliphatic heterocycles. The molecule has 1 amide bonds. The molecule has 70 valence electrons. The van der Waals surface area contributed by atoms with E-state index in [1.807, 2.05) is 5.32 Å². The third kappa shape index (κ3) is 2.90. The van der Waals surface area contributed by atoms with Crippen molar-refractivity contribution in [1.82, 2.24) is 9.97 Å². The maximum Gasteiger partial charge on any atom is 0.315 e. The Balaban J connectivity index is 2.69. The van der Waals surface area contributed by atoms with Crippen LogP contribution in [0.5, 0.6) is 0 Å². The van der Waals surface area contributed by atoms with Gasteiger partial charge in [0, 0.05) is 6.20 Å². The first-order chi connectivity index (χ1) is 6.09. The van der Waals surface area contributed by atoms with Gasteiger partial charge < -0.3 is 5.32 Å². The topological polar surface area (TPSA) is 54.9 Å². The number of carbonyl (C=O) groups is 1. The van der Waals surface area contributed by atoms with Crippen LogP contribution in [0.15, 0.2) is 12.3 Å². The molecule has 1 N–H and O–H groups in total. The molecule has 1 rings (SSSR count). The molecule has 0 aliphatic carbocycles. The van der Waals surface area contributed by atoms with Crippen LogP contribution in [0.2, 0.25) is 5.28 Å². The molecular weight excluding hydrogens is 204 g/mol. The first-order valence-electron chi connectivity index (χ1n) is 3.17. The fourth-order valence-electron chi connectivity index (χ4n) is 0.585. The van der Waals surface area contributed by atoms with Gasteiger partial charge in [-0.25, -0.2) is 9.97 Å². The monoisotopic (exact) mass is 207 g/mol. The highest BCUT2D eigenvalue weighted by Gasteiger charge is 2.15. The highest BCUT2D eigenvalue weighted by Crippen LogP contribution is 2.06. The minimum Gasteiger partial charge on any atom is -0.306 e. The van der Waals surface area contributed by atoms with Gasteiger partial charge in [-0.05, 0) is 17.7 Å². The van der Waals surface area contributed by atoms with Crippen molar-refractivity contribution in [3.05, 3.63) is 17.5 Å². The van der Waals surface area contributed by atoms with Gasteiger partial charge >= 0.3 is 6.43 Å². The van der Waals surface area contributed by atoms with Gasteiger partial charge in [0.2, 0.25) is 5.28 Å². The average Bonchev–Trinajstić information content (AvgIpc) is 2.04. The number of hydrogen-bond acceptors (Lipinski definition) is 3. The summed E-state index contributed by atoms with van der Waals surface area (Å²) < 4.78 is 23.5. The Hall–Kier alpha value is -1.30. The predicted molar refractivity (Wildman–Crippen MR) is 41.7 cm³/mol. The Morgan fingerprint density at radius 3 is 2.85 bits per heavy atom. The number of nitrogens with zero attached hydrogens (tertiary/aromatic N) is 2. The van der Waals surface area contributed by atoms with Gasteiger partial charge in [0.25, 0.3) is 5.91 Å². The molecule has 4 nitrogen and oxygen atoms in total. The zero-order valence-corrected chi connectivity index (χ0v) is 6.92. The maximum absolute atomic E-state index is 11.7. The second-order valence-corrected chi connectivity index (χ2v) is 2.34. The molecule has 1 aromatic heterocycles. The van der Waals surface area contributed by atoms with Crippen molar-refractivity contribution in [2.75, 3.05) is 5.32 Å². The third-order valence-electron chi connectivity index (χ3n) is 1.08. The van der Waals surface area contributed by atoms with E-state index in [0.717, 1.165) is 0 Å². The Morgan fingerprint density at radius 2 is 2.31 bits per heavy atom. The second kappa shape index (κ2) is 4.08. The van der Waals surface area contributed by atoms with Crippen molar-refractivity contribution in [3.63, 3.8) is 0 Å². The molecule has 0 aliphatic rings. The fourth-order valence-corrected chi connectivity index (χ4v) is 0.733. The summed E-state index contributed by atoms with van der Waals surface area (Å²) in [5.74, 6) is -1.47. The lowest BCUT2D eigenvalue weighted by Crippen LogP contribution is -2.20. The summed E-state index contributed by atoms with van der Waals surface area (Å²) >= 11 is 5.35. The third-order valence-corrected chi connectivity index (χ3v) is 1.26. The smallest absolute Gasteiger partial charge is 0.306 e. The van der Waals surface area contributed by atoms with Crippen LogP contribution < -0.4 is 5.32 Å². The Bertz CT molecular complexity index is 321. The van der Waals surface area contributed by atoms with Crippen LogP contribution in [0.3, 0.4) is 0 Å². The van der Waals surface area contributed by atoms with E-state index in [1.54, 1.807) is 0 Å². The van der Waals surface area contributed by atoms with Crippen LogP contribution in [-0.2, 0) is 4.79 Å². The van der Waals surface area contributed by atoms with Crippen molar-refractivity contribution in [2.24, 2.45) is 0 Å². The lowest BCUT2D eigenvalue weighted by atomic mass is 10.5. The van der Waals surface area contributed by atoms with Crippen molar-refractivity contribution in [2.45, 2.75) is 6.43 Å². The van der Waals surface area contributed by atoms with E-state index in [4.69, 9.17) is 11.6 Å². The van der Waals surface area contributed by atoms with Gasteiger partial charge in [0.1, 0.15) is 5.82 Å². The van der Waals surface area contributed by atoms with Crippen LogP contribution in [0.1, 0.15) is 0 Å². The molecular formula is C6H4ClF2N3O. The van der Waals surface area contributed by atoms with Crippen LogP contribution in [0, 0.1) is 0 Å². The van der Waals surface area contributed by atoms with Crippen molar-refractivity contribution >= 4 is 23.3 Å². The maximum atomic E-state index is 11.7. The molecule has 0 spiro atoms. The van der Waals surface area contributed by atoms with Gasteiger partial charge in [-0.1, -0.05) is 0 Å². The predicted octanol–water partition coefficient (Wildman–Crippen LogP) is 1.33. The molecule has 0 unspecified atom stereocenters. The van der Waals surface area contributed by atoms with Gasteiger partial charge in [0.15, 0.2) is 0 Å². The highest BCUT2D eigenvalue weighted by atomic mass is 35.5. The van der Waals surface area contributed by atoms with E-state index in [1.165, 1.54) is 12.3 Å². The number of halogens is 3. The van der Waals surface area contributed by atoms with Crippen LogP contribution in [0.25, 0.3) is 0 Å². The molecule has 1 aromatic rings. The van der Waals surface area contributed by atoms with Crippen molar-refractivity contribution in [3.8, 4) is 0 Å². The molecule has 1 heterocycles. The van der Waals surface area contributed by atoms with Crippen molar-refractivity contribution in [1.29, 1.82) is 0 Å². The quantitative estimate of drug-likeness (QED) is 0.745. The van der Waals surface area contributed by atoms with Crippen LogP contribution in [0.4, 0.5) is 14.6 Å². The molecule has 0 aromatic carbocycles. The zero-order valence-electron chi connectivity index (χ0n) is 6.17. The first-order valence-corrected chi connectivity index (χ1v) is 3.55. The van der Waals surface area contributed by atoms with Gasteiger partial charge in [-0.3, -0.25) is 4.79 Å². The summed E-state index contributed by atoms with van der Waals surface area (Å²) in [6.07, 6.45) is -1.83. The number of hydrogen-bond donors (Lipinski definition) is 1. The molecule has 13 heavy (non-hydrogen) atoms. The second-order valence-electron chi connectivity index (χ2n) is 2.00. The SMILES string of the molecule is O=C(Nc1ccnc(Cl)n1)C(F)F. The normalized spacial score (nSPS) is 10.2. The van der Waals surface area contributed by atoms with E-state index >= 15 is 0 Å². The fraction of sp³-hybridized carbons (Fsp3) is 0.167. The Kier molecular flexibility index (Phi) is 3.07. The van der Waals surface area contributed by atoms with Crippen LogP contribution >= 0.6 is 11.6 Å². The summed E-state index contributed by atoms with van der Waals surface area (Å²) in [7, 11) is 0. The Labute approximate surface area is 76.9 Å². The standard InChI is InChI=1S/C6H4ClF2N3O/c7-6-10-2-1-3(12-6)11-5(13)4(8)9/h1-2,4H,(H,10,11,12,13). The summed E-state index contributed by atoms with van der Waals surface area (Å²) in [4.78, 5) is 17.5. The number of aromatic nitrogens is 2. The molecule has 0 saturated heterocycles. The number of rotatable bonds is 2. The number of nitrogens with one attached hydrogen (secondary N) is 1. The first kappa shape index (κ1) is 9.79. The number of carbonyl (C=O) groups excluding carboxylic acids is 1. The molecule has 0 atom stereocenters. The van der Waals surface area contributed by atoms with Gasteiger partial charge in [-0.15, -0.1) is 0 Å². The molecule has 0 radical (unpaired) electrons. The number of alkyl halides is 2. The molecule has 0 fully saturated rings. The minimum atomic E-state index is -3.08. The number of amides is 1. The largest absolute Gasteiger partial charge is 0.315 e. The van der Waals surface area contributed by atoms with E-state index in [0.29, 0.717) is 0 Å². The van der Waals surface area contributed by atoms with E-state index in [2.05, 4.69) is 9.97 Å². The lowest BCUT2D eigenvalue weighted by molar-refractivity contribution is -0.126. The van der Waals surface area contributed by atoms with Gasteiger partial charge in [-0.2, -0.15) is 8.78 Å². The van der Waals surface area contributed by atoms with E-state index < -0.39 is 12.3 Å². The lowest BCUT2D eigenvalue weighted by Gasteiger charge is -2.01.